The number of halogens is 1. The molecule has 2 fully saturated rings. The van der Waals surface area contributed by atoms with Crippen LogP contribution >= 0.6 is 11.6 Å². The van der Waals surface area contributed by atoms with Crippen molar-refractivity contribution in [1.82, 2.24) is 14.7 Å². The van der Waals surface area contributed by atoms with Crippen LogP contribution in [0.1, 0.15) is 6.92 Å². The highest BCUT2D eigenvalue weighted by molar-refractivity contribution is 6.30. The number of rotatable bonds is 1. The fraction of sp³-hybridized carbons (Fsp3) is 0.700. The van der Waals surface area contributed by atoms with Crippen molar-refractivity contribution in [1.29, 1.82) is 0 Å². The first-order chi connectivity index (χ1) is 7.93. The van der Waals surface area contributed by atoms with Crippen LogP contribution in [0.15, 0.2) is 0 Å². The van der Waals surface area contributed by atoms with Crippen molar-refractivity contribution in [3.63, 3.8) is 0 Å². The van der Waals surface area contributed by atoms with Gasteiger partial charge in [-0.2, -0.15) is 0 Å². The summed E-state index contributed by atoms with van der Waals surface area (Å²) in [5.41, 5.74) is 0. The molecule has 0 radical (unpaired) electrons. The van der Waals surface area contributed by atoms with Crippen LogP contribution < -0.4 is 0 Å². The van der Waals surface area contributed by atoms with Crippen molar-refractivity contribution < 1.29 is 14.4 Å². The predicted molar refractivity (Wildman–Crippen MR) is 60.6 cm³/mol. The highest BCUT2D eigenvalue weighted by atomic mass is 35.5. The zero-order valence-electron chi connectivity index (χ0n) is 9.72. The van der Waals surface area contributed by atoms with Gasteiger partial charge in [-0.25, -0.2) is 4.79 Å². The quantitative estimate of drug-likeness (QED) is 0.481. The Hall–Kier alpha value is -1.30. The molecule has 0 aliphatic carbocycles. The van der Waals surface area contributed by atoms with Gasteiger partial charge in [-0.1, -0.05) is 0 Å². The molecule has 2 atom stereocenters. The van der Waals surface area contributed by atoms with Crippen molar-refractivity contribution in [2.45, 2.75) is 18.3 Å². The lowest BCUT2D eigenvalue weighted by Crippen LogP contribution is -2.55. The van der Waals surface area contributed by atoms with E-state index in [4.69, 9.17) is 11.6 Å². The largest absolute Gasteiger partial charge is 0.337 e. The molecule has 0 saturated carbocycles. The van der Waals surface area contributed by atoms with Crippen LogP contribution in [0.2, 0.25) is 0 Å². The van der Waals surface area contributed by atoms with Crippen molar-refractivity contribution in [2.75, 3.05) is 26.7 Å². The van der Waals surface area contributed by atoms with Crippen molar-refractivity contribution in [2.24, 2.45) is 0 Å². The van der Waals surface area contributed by atoms with Crippen LogP contribution in [0.4, 0.5) is 4.79 Å². The third-order valence-corrected chi connectivity index (χ3v) is 3.37. The van der Waals surface area contributed by atoms with Crippen molar-refractivity contribution in [3.8, 4) is 0 Å². The molecule has 0 N–H and O–H groups in total. The Kier molecular flexibility index (Phi) is 2.99. The summed E-state index contributed by atoms with van der Waals surface area (Å²) in [6, 6.07) is -0.827. The average Bonchev–Trinajstić information content (AvgIpc) is 2.53. The maximum Gasteiger partial charge on any atom is 0.327 e. The molecule has 0 aromatic carbocycles. The second-order valence-electron chi connectivity index (χ2n) is 4.29. The molecule has 17 heavy (non-hydrogen) atoms. The number of carbonyl (C=O) groups is 3. The minimum absolute atomic E-state index is 0.193. The molecule has 2 saturated heterocycles. The number of alkyl halides is 1. The van der Waals surface area contributed by atoms with E-state index in [-0.39, 0.29) is 24.4 Å². The van der Waals surface area contributed by atoms with E-state index in [1.807, 2.05) is 0 Å². The molecule has 2 aliphatic rings. The molecule has 0 bridgehead atoms. The summed E-state index contributed by atoms with van der Waals surface area (Å²) in [6.07, 6.45) is 0. The normalized spacial score (nSPS) is 26.3. The van der Waals surface area contributed by atoms with E-state index in [0.29, 0.717) is 13.1 Å². The summed E-state index contributed by atoms with van der Waals surface area (Å²) in [7, 11) is 1.46. The summed E-state index contributed by atoms with van der Waals surface area (Å²) < 4.78 is 0. The number of fused-ring (bicyclic) bond motifs is 1. The number of hydrogen-bond acceptors (Lipinski definition) is 3. The van der Waals surface area contributed by atoms with E-state index in [0.717, 1.165) is 4.90 Å². The van der Waals surface area contributed by atoms with Crippen LogP contribution in [0.25, 0.3) is 0 Å². The second-order valence-corrected chi connectivity index (χ2v) is 4.94. The van der Waals surface area contributed by atoms with Crippen molar-refractivity contribution in [3.05, 3.63) is 0 Å². The Labute approximate surface area is 104 Å². The van der Waals surface area contributed by atoms with Crippen LogP contribution in [0.3, 0.4) is 0 Å². The van der Waals surface area contributed by atoms with Gasteiger partial charge < -0.3 is 9.80 Å². The Morgan fingerprint density at radius 2 is 2.06 bits per heavy atom. The lowest BCUT2D eigenvalue weighted by molar-refractivity contribution is -0.135. The van der Waals surface area contributed by atoms with E-state index in [1.54, 1.807) is 11.8 Å². The van der Waals surface area contributed by atoms with Crippen LogP contribution in [-0.4, -0.2) is 70.6 Å². The zero-order chi connectivity index (χ0) is 12.7. The van der Waals surface area contributed by atoms with Gasteiger partial charge >= 0.3 is 6.03 Å². The van der Waals surface area contributed by atoms with E-state index in [9.17, 15) is 14.4 Å². The highest BCUT2D eigenvalue weighted by Gasteiger charge is 2.46. The van der Waals surface area contributed by atoms with Gasteiger partial charge in [0, 0.05) is 20.1 Å². The van der Waals surface area contributed by atoms with Crippen LogP contribution in [0, 0.1) is 0 Å². The van der Waals surface area contributed by atoms with Crippen molar-refractivity contribution >= 4 is 29.4 Å². The minimum atomic E-state index is -0.605. The number of imide groups is 1. The molecule has 6 nitrogen and oxygen atoms in total. The molecule has 4 amide bonds. The predicted octanol–water partition coefficient (Wildman–Crippen LogP) is -0.281. The Morgan fingerprint density at radius 1 is 1.41 bits per heavy atom. The molecular weight excluding hydrogens is 246 g/mol. The fourth-order valence-corrected chi connectivity index (χ4v) is 2.32. The average molecular weight is 260 g/mol. The number of amides is 4. The first-order valence-electron chi connectivity index (χ1n) is 5.44. The van der Waals surface area contributed by atoms with Gasteiger partial charge in [0.25, 0.3) is 5.91 Å². The molecular formula is C10H14ClN3O3. The Morgan fingerprint density at radius 3 is 2.65 bits per heavy atom. The maximum atomic E-state index is 11.8. The fourth-order valence-electron chi connectivity index (χ4n) is 2.19. The number of hydrogen-bond donors (Lipinski definition) is 0. The monoisotopic (exact) mass is 259 g/mol. The molecule has 2 unspecified atom stereocenters. The SMILES string of the molecule is CC(Cl)C(=O)N1CCN2C(=O)N(C)C(=O)C2C1. The van der Waals surface area contributed by atoms with Gasteiger partial charge in [-0.05, 0) is 6.92 Å². The van der Waals surface area contributed by atoms with Crippen LogP contribution in [-0.2, 0) is 9.59 Å². The third kappa shape index (κ3) is 1.86. The number of piperazine rings is 1. The highest BCUT2D eigenvalue weighted by Crippen LogP contribution is 2.21. The molecule has 0 aromatic heterocycles. The molecule has 0 spiro atoms. The van der Waals surface area contributed by atoms with Gasteiger partial charge in [0.15, 0.2) is 0 Å². The smallest absolute Gasteiger partial charge is 0.327 e. The summed E-state index contributed by atoms with van der Waals surface area (Å²) >= 11 is 5.73. The molecule has 2 rings (SSSR count). The molecule has 7 heteroatoms. The van der Waals surface area contributed by atoms with Gasteiger partial charge in [0.05, 0.1) is 6.54 Å². The van der Waals surface area contributed by atoms with Gasteiger partial charge in [-0.15, -0.1) is 11.6 Å². The lowest BCUT2D eigenvalue weighted by Gasteiger charge is -2.35. The topological polar surface area (TPSA) is 60.9 Å². The van der Waals surface area contributed by atoms with Gasteiger partial charge in [0.1, 0.15) is 11.4 Å². The standard InChI is InChI=1S/C10H14ClN3O3/c1-6(11)8(15)13-3-4-14-7(5-13)9(16)12(2)10(14)17/h6-7H,3-5H2,1-2H3. The van der Waals surface area contributed by atoms with Crippen LogP contribution in [0.5, 0.6) is 0 Å². The van der Waals surface area contributed by atoms with E-state index >= 15 is 0 Å². The summed E-state index contributed by atoms with van der Waals surface area (Å²) in [4.78, 5) is 39.3. The number of nitrogens with zero attached hydrogens (tertiary/aromatic N) is 3. The summed E-state index contributed by atoms with van der Waals surface area (Å²) in [6.45, 7) is 2.66. The molecule has 2 heterocycles. The molecule has 94 valence electrons. The number of likely N-dealkylation sites (N-methyl/N-ethyl adjacent to an activating group) is 1. The maximum absolute atomic E-state index is 11.8. The minimum Gasteiger partial charge on any atom is -0.337 e. The van der Waals surface area contributed by atoms with Gasteiger partial charge in [-0.3, -0.25) is 14.5 Å². The number of urea groups is 1. The van der Waals surface area contributed by atoms with E-state index in [1.165, 1.54) is 11.9 Å². The third-order valence-electron chi connectivity index (χ3n) is 3.18. The lowest BCUT2D eigenvalue weighted by atomic mass is 10.2. The second kappa shape index (κ2) is 4.18. The first-order valence-corrected chi connectivity index (χ1v) is 5.88. The zero-order valence-corrected chi connectivity index (χ0v) is 10.5. The first kappa shape index (κ1) is 12.2. The van der Waals surface area contributed by atoms with Gasteiger partial charge in [0.2, 0.25) is 5.91 Å². The Bertz CT molecular complexity index is 385. The Balaban J connectivity index is 2.12. The molecule has 0 aromatic rings. The number of carbonyl (C=O) groups excluding carboxylic acids is 3. The van der Waals surface area contributed by atoms with E-state index < -0.39 is 11.4 Å². The summed E-state index contributed by atoms with van der Waals surface area (Å²) in [5.74, 6) is -0.448. The summed E-state index contributed by atoms with van der Waals surface area (Å²) in [5, 5.41) is -0.605. The molecule has 2 aliphatic heterocycles. The van der Waals surface area contributed by atoms with E-state index in [2.05, 4.69) is 0 Å².